The summed E-state index contributed by atoms with van der Waals surface area (Å²) in [7, 11) is 0. The molecule has 0 saturated heterocycles. The first-order chi connectivity index (χ1) is 9.61. The van der Waals surface area contributed by atoms with Crippen LogP contribution in [0.3, 0.4) is 0 Å². The number of aromatic nitrogens is 1. The first-order valence-corrected chi connectivity index (χ1v) is 8.81. The SMILES string of the molecule is CCCNC(Cc1sccc1Br)c1ncc(Cl)cc1Cl. The second-order valence-electron chi connectivity index (χ2n) is 4.42. The predicted octanol–water partition coefficient (Wildman–Crippen LogP) is 5.50. The molecule has 0 fully saturated rings. The van der Waals surface area contributed by atoms with Crippen LogP contribution < -0.4 is 5.32 Å². The van der Waals surface area contributed by atoms with Crippen molar-refractivity contribution in [3.63, 3.8) is 0 Å². The number of hydrogen-bond donors (Lipinski definition) is 1. The minimum Gasteiger partial charge on any atom is -0.308 e. The number of hydrogen-bond acceptors (Lipinski definition) is 3. The summed E-state index contributed by atoms with van der Waals surface area (Å²) in [5, 5.41) is 6.75. The Kier molecular flexibility index (Phi) is 6.30. The summed E-state index contributed by atoms with van der Waals surface area (Å²) in [5.41, 5.74) is 0.852. The molecule has 0 amide bonds. The van der Waals surface area contributed by atoms with Gasteiger partial charge in [-0.05, 0) is 46.4 Å². The average Bonchev–Trinajstić information content (AvgIpc) is 2.80. The van der Waals surface area contributed by atoms with Gasteiger partial charge in [0.1, 0.15) is 0 Å². The van der Waals surface area contributed by atoms with Crippen LogP contribution in [0.25, 0.3) is 0 Å². The minimum absolute atomic E-state index is 0.0923. The van der Waals surface area contributed by atoms with E-state index in [2.05, 4.69) is 44.6 Å². The normalized spacial score (nSPS) is 12.6. The quantitative estimate of drug-likeness (QED) is 0.701. The van der Waals surface area contributed by atoms with Gasteiger partial charge in [0, 0.05) is 22.0 Å². The van der Waals surface area contributed by atoms with E-state index in [4.69, 9.17) is 23.2 Å². The number of nitrogens with one attached hydrogen (secondary N) is 1. The highest BCUT2D eigenvalue weighted by Gasteiger charge is 2.18. The molecular weight excluding hydrogens is 379 g/mol. The lowest BCUT2D eigenvalue weighted by atomic mass is 10.1. The zero-order valence-corrected chi connectivity index (χ0v) is 14.9. The highest BCUT2D eigenvalue weighted by Crippen LogP contribution is 2.31. The molecule has 20 heavy (non-hydrogen) atoms. The molecule has 0 aromatic carbocycles. The van der Waals surface area contributed by atoms with Crippen molar-refractivity contribution in [1.82, 2.24) is 10.3 Å². The predicted molar refractivity (Wildman–Crippen MR) is 91.0 cm³/mol. The molecule has 2 rings (SSSR count). The fourth-order valence-electron chi connectivity index (χ4n) is 1.92. The number of halogens is 3. The number of pyridine rings is 1. The Morgan fingerprint density at radius 2 is 2.25 bits per heavy atom. The number of rotatable bonds is 6. The van der Waals surface area contributed by atoms with Gasteiger partial charge in [-0.1, -0.05) is 30.1 Å². The van der Waals surface area contributed by atoms with Gasteiger partial charge < -0.3 is 5.32 Å². The van der Waals surface area contributed by atoms with Crippen LogP contribution in [0.5, 0.6) is 0 Å². The second-order valence-corrected chi connectivity index (χ2v) is 7.12. The van der Waals surface area contributed by atoms with Crippen LogP contribution >= 0.6 is 50.5 Å². The van der Waals surface area contributed by atoms with E-state index >= 15 is 0 Å². The van der Waals surface area contributed by atoms with Crippen LogP contribution in [0.2, 0.25) is 10.0 Å². The minimum atomic E-state index is 0.0923. The number of thiophene rings is 1. The molecule has 1 atom stereocenters. The zero-order chi connectivity index (χ0) is 14.5. The zero-order valence-electron chi connectivity index (χ0n) is 11.0. The van der Waals surface area contributed by atoms with Gasteiger partial charge in [0.2, 0.25) is 0 Å². The third kappa shape index (κ3) is 4.18. The van der Waals surface area contributed by atoms with E-state index in [9.17, 15) is 0 Å². The molecular formula is C14H15BrCl2N2S. The van der Waals surface area contributed by atoms with E-state index in [1.54, 1.807) is 23.6 Å². The van der Waals surface area contributed by atoms with Crippen molar-refractivity contribution >= 4 is 50.5 Å². The molecule has 0 aliphatic heterocycles. The van der Waals surface area contributed by atoms with Gasteiger partial charge in [-0.15, -0.1) is 11.3 Å². The lowest BCUT2D eigenvalue weighted by Gasteiger charge is -2.19. The van der Waals surface area contributed by atoms with Gasteiger partial charge in [0.05, 0.1) is 21.8 Å². The molecule has 108 valence electrons. The number of nitrogens with zero attached hydrogens (tertiary/aromatic N) is 1. The summed E-state index contributed by atoms with van der Waals surface area (Å²) in [6, 6.07) is 3.90. The first-order valence-electron chi connectivity index (χ1n) is 6.38. The van der Waals surface area contributed by atoms with Gasteiger partial charge in [-0.2, -0.15) is 0 Å². The van der Waals surface area contributed by atoms with Gasteiger partial charge in [-0.25, -0.2) is 0 Å². The van der Waals surface area contributed by atoms with Gasteiger partial charge in [0.15, 0.2) is 0 Å². The molecule has 0 aliphatic rings. The van der Waals surface area contributed by atoms with Crippen molar-refractivity contribution < 1.29 is 0 Å². The molecule has 0 saturated carbocycles. The van der Waals surface area contributed by atoms with Crippen molar-refractivity contribution in [3.8, 4) is 0 Å². The molecule has 0 bridgehead atoms. The molecule has 6 heteroatoms. The van der Waals surface area contributed by atoms with Gasteiger partial charge >= 0.3 is 0 Å². The largest absolute Gasteiger partial charge is 0.308 e. The Bertz CT molecular complexity index is 574. The average molecular weight is 394 g/mol. The third-order valence-electron chi connectivity index (χ3n) is 2.89. The van der Waals surface area contributed by atoms with Crippen molar-refractivity contribution in [3.05, 3.63) is 48.8 Å². The van der Waals surface area contributed by atoms with E-state index in [1.165, 1.54) is 4.88 Å². The molecule has 2 aromatic heterocycles. The standard InChI is InChI=1S/C14H15BrCl2N2S/c1-2-4-18-12(7-13-10(15)3-5-20-13)14-11(17)6-9(16)8-19-14/h3,5-6,8,12,18H,2,4,7H2,1H3. The lowest BCUT2D eigenvalue weighted by molar-refractivity contribution is 0.520. The maximum atomic E-state index is 6.29. The van der Waals surface area contributed by atoms with Crippen LogP contribution in [-0.4, -0.2) is 11.5 Å². The summed E-state index contributed by atoms with van der Waals surface area (Å²) in [6.45, 7) is 3.07. The summed E-state index contributed by atoms with van der Waals surface area (Å²) < 4.78 is 1.14. The van der Waals surface area contributed by atoms with E-state index in [0.717, 1.165) is 29.6 Å². The Balaban J connectivity index is 2.24. The van der Waals surface area contributed by atoms with E-state index < -0.39 is 0 Å². The van der Waals surface area contributed by atoms with E-state index in [0.29, 0.717) is 10.0 Å². The highest BCUT2D eigenvalue weighted by atomic mass is 79.9. The smallest absolute Gasteiger partial charge is 0.0763 e. The molecule has 2 heterocycles. The fourth-order valence-corrected chi connectivity index (χ4v) is 3.99. The van der Waals surface area contributed by atoms with Crippen LogP contribution in [0, 0.1) is 0 Å². The Hall–Kier alpha value is -0.130. The Labute approximate surface area is 141 Å². The van der Waals surface area contributed by atoms with Crippen molar-refractivity contribution in [1.29, 1.82) is 0 Å². The van der Waals surface area contributed by atoms with Crippen LogP contribution in [0.15, 0.2) is 28.2 Å². The Morgan fingerprint density at radius 3 is 2.85 bits per heavy atom. The first kappa shape index (κ1) is 16.2. The summed E-state index contributed by atoms with van der Waals surface area (Å²) in [5.74, 6) is 0. The van der Waals surface area contributed by atoms with Crippen molar-refractivity contribution in [2.75, 3.05) is 6.54 Å². The topological polar surface area (TPSA) is 24.9 Å². The molecule has 0 radical (unpaired) electrons. The van der Waals surface area contributed by atoms with Gasteiger partial charge in [-0.3, -0.25) is 4.98 Å². The Morgan fingerprint density at radius 1 is 1.45 bits per heavy atom. The second kappa shape index (κ2) is 7.76. The monoisotopic (exact) mass is 392 g/mol. The third-order valence-corrected chi connectivity index (χ3v) is 5.35. The summed E-state index contributed by atoms with van der Waals surface area (Å²) in [4.78, 5) is 5.69. The molecule has 0 aliphatic carbocycles. The highest BCUT2D eigenvalue weighted by molar-refractivity contribution is 9.10. The van der Waals surface area contributed by atoms with E-state index in [-0.39, 0.29) is 6.04 Å². The maximum absolute atomic E-state index is 6.29. The maximum Gasteiger partial charge on any atom is 0.0763 e. The van der Waals surface area contributed by atoms with Crippen molar-refractivity contribution in [2.24, 2.45) is 0 Å². The summed E-state index contributed by atoms with van der Waals surface area (Å²) >= 11 is 17.5. The van der Waals surface area contributed by atoms with Crippen LogP contribution in [0.4, 0.5) is 0 Å². The van der Waals surface area contributed by atoms with Crippen molar-refractivity contribution in [2.45, 2.75) is 25.8 Å². The molecule has 0 spiro atoms. The van der Waals surface area contributed by atoms with Gasteiger partial charge in [0.25, 0.3) is 0 Å². The molecule has 1 N–H and O–H groups in total. The van der Waals surface area contributed by atoms with E-state index in [1.807, 2.05) is 0 Å². The lowest BCUT2D eigenvalue weighted by Crippen LogP contribution is -2.25. The molecule has 2 aromatic rings. The van der Waals surface area contributed by atoms with Crippen LogP contribution in [0.1, 0.15) is 30.0 Å². The molecule has 1 unspecified atom stereocenters. The summed E-state index contributed by atoms with van der Waals surface area (Å²) in [6.07, 6.45) is 3.56. The molecule has 2 nitrogen and oxygen atoms in total. The fraction of sp³-hybridized carbons (Fsp3) is 0.357. The van der Waals surface area contributed by atoms with Crippen LogP contribution in [-0.2, 0) is 6.42 Å².